The standard InChI is InChI=1S/C7H13NO/c1-6-7(5-9-7)3-2-4-8-6/h6,8H,2-5H2,1H3. The molecule has 0 aromatic carbocycles. The number of epoxide rings is 1. The van der Waals surface area contributed by atoms with Gasteiger partial charge in [-0.05, 0) is 26.3 Å². The third-order valence-electron chi connectivity index (χ3n) is 2.53. The molecule has 2 unspecified atom stereocenters. The third-order valence-corrected chi connectivity index (χ3v) is 2.53. The molecule has 2 heterocycles. The van der Waals surface area contributed by atoms with Gasteiger partial charge in [0.15, 0.2) is 0 Å². The molecule has 1 N–H and O–H groups in total. The van der Waals surface area contributed by atoms with E-state index in [2.05, 4.69) is 12.2 Å². The number of ether oxygens (including phenoxy) is 1. The lowest BCUT2D eigenvalue weighted by molar-refractivity contribution is 0.201. The van der Waals surface area contributed by atoms with Gasteiger partial charge >= 0.3 is 0 Å². The van der Waals surface area contributed by atoms with Gasteiger partial charge in [0.1, 0.15) is 5.60 Å². The molecule has 2 rings (SSSR count). The van der Waals surface area contributed by atoms with Crippen LogP contribution in [0, 0.1) is 0 Å². The summed E-state index contributed by atoms with van der Waals surface area (Å²) in [5.41, 5.74) is 0.276. The maximum Gasteiger partial charge on any atom is 0.107 e. The van der Waals surface area contributed by atoms with Crippen molar-refractivity contribution < 1.29 is 4.74 Å². The molecule has 0 bridgehead atoms. The van der Waals surface area contributed by atoms with E-state index in [9.17, 15) is 0 Å². The number of rotatable bonds is 0. The Morgan fingerprint density at radius 2 is 2.44 bits per heavy atom. The highest BCUT2D eigenvalue weighted by Crippen LogP contribution is 2.37. The number of hydrogen-bond acceptors (Lipinski definition) is 2. The molecular weight excluding hydrogens is 114 g/mol. The quantitative estimate of drug-likeness (QED) is 0.480. The average Bonchev–Trinajstić information content (AvgIpc) is 2.60. The summed E-state index contributed by atoms with van der Waals surface area (Å²) < 4.78 is 5.39. The molecule has 0 aromatic rings. The Labute approximate surface area is 55.6 Å². The van der Waals surface area contributed by atoms with Gasteiger partial charge in [0.2, 0.25) is 0 Å². The van der Waals surface area contributed by atoms with Gasteiger partial charge in [-0.25, -0.2) is 0 Å². The van der Waals surface area contributed by atoms with Crippen molar-refractivity contribution in [2.45, 2.75) is 31.4 Å². The van der Waals surface area contributed by atoms with Gasteiger partial charge in [-0.1, -0.05) is 0 Å². The highest BCUT2D eigenvalue weighted by molar-refractivity contribution is 5.02. The van der Waals surface area contributed by atoms with Gasteiger partial charge in [0, 0.05) is 6.04 Å². The van der Waals surface area contributed by atoms with Crippen LogP contribution in [0.1, 0.15) is 19.8 Å². The number of piperidine rings is 1. The summed E-state index contributed by atoms with van der Waals surface area (Å²) >= 11 is 0. The second-order valence-electron chi connectivity index (χ2n) is 3.13. The highest BCUT2D eigenvalue weighted by Gasteiger charge is 2.50. The van der Waals surface area contributed by atoms with Crippen LogP contribution in [0.5, 0.6) is 0 Å². The maximum atomic E-state index is 5.39. The van der Waals surface area contributed by atoms with Crippen LogP contribution < -0.4 is 5.32 Å². The predicted molar refractivity (Wildman–Crippen MR) is 35.4 cm³/mol. The zero-order valence-corrected chi connectivity index (χ0v) is 5.81. The van der Waals surface area contributed by atoms with Gasteiger partial charge in [-0.3, -0.25) is 0 Å². The minimum Gasteiger partial charge on any atom is -0.368 e. The fourth-order valence-electron chi connectivity index (χ4n) is 1.60. The lowest BCUT2D eigenvalue weighted by Crippen LogP contribution is -2.45. The Bertz CT molecular complexity index is 120. The van der Waals surface area contributed by atoms with E-state index in [4.69, 9.17) is 4.74 Å². The van der Waals surface area contributed by atoms with Gasteiger partial charge < -0.3 is 10.1 Å². The Kier molecular flexibility index (Phi) is 1.08. The van der Waals surface area contributed by atoms with Crippen LogP contribution in [0.15, 0.2) is 0 Å². The molecule has 2 fully saturated rings. The molecular formula is C7H13NO. The van der Waals surface area contributed by atoms with Gasteiger partial charge in [-0.2, -0.15) is 0 Å². The monoisotopic (exact) mass is 127 g/mol. The summed E-state index contributed by atoms with van der Waals surface area (Å²) in [5, 5.41) is 3.41. The first-order valence-corrected chi connectivity index (χ1v) is 3.71. The van der Waals surface area contributed by atoms with Crippen LogP contribution in [0.25, 0.3) is 0 Å². The molecule has 9 heavy (non-hydrogen) atoms. The van der Waals surface area contributed by atoms with Crippen molar-refractivity contribution >= 4 is 0 Å². The van der Waals surface area contributed by atoms with E-state index in [-0.39, 0.29) is 5.60 Å². The molecule has 2 atom stereocenters. The molecule has 2 aliphatic heterocycles. The highest BCUT2D eigenvalue weighted by atomic mass is 16.6. The Hall–Kier alpha value is -0.0800. The predicted octanol–water partition coefficient (Wildman–Crippen LogP) is 0.527. The van der Waals surface area contributed by atoms with Crippen LogP contribution in [0.2, 0.25) is 0 Å². The van der Waals surface area contributed by atoms with Gasteiger partial charge in [0.05, 0.1) is 6.61 Å². The first kappa shape index (κ1) is 5.69. The zero-order chi connectivity index (χ0) is 6.32. The second-order valence-corrected chi connectivity index (χ2v) is 3.13. The third kappa shape index (κ3) is 0.775. The molecule has 0 aromatic heterocycles. The van der Waals surface area contributed by atoms with E-state index in [1.807, 2.05) is 0 Å². The van der Waals surface area contributed by atoms with Crippen molar-refractivity contribution in [2.75, 3.05) is 13.2 Å². The summed E-state index contributed by atoms with van der Waals surface area (Å²) in [6.45, 7) is 4.37. The van der Waals surface area contributed by atoms with E-state index in [1.54, 1.807) is 0 Å². The molecule has 2 aliphatic rings. The van der Waals surface area contributed by atoms with Crippen LogP contribution in [-0.4, -0.2) is 24.8 Å². The summed E-state index contributed by atoms with van der Waals surface area (Å²) in [5.74, 6) is 0. The SMILES string of the molecule is CC1NCCCC12CO2. The fraction of sp³-hybridized carbons (Fsp3) is 1.00. The second kappa shape index (κ2) is 1.70. The van der Waals surface area contributed by atoms with Crippen LogP contribution in [0.3, 0.4) is 0 Å². The number of hydrogen-bond donors (Lipinski definition) is 1. The average molecular weight is 127 g/mol. The molecule has 2 nitrogen and oxygen atoms in total. The van der Waals surface area contributed by atoms with Crippen LogP contribution in [-0.2, 0) is 4.74 Å². The summed E-state index contributed by atoms with van der Waals surface area (Å²) in [4.78, 5) is 0. The molecule has 2 saturated heterocycles. The smallest absolute Gasteiger partial charge is 0.107 e. The van der Waals surface area contributed by atoms with Crippen LogP contribution >= 0.6 is 0 Å². The summed E-state index contributed by atoms with van der Waals surface area (Å²) in [7, 11) is 0. The minimum absolute atomic E-state index is 0.276. The first-order valence-electron chi connectivity index (χ1n) is 3.71. The fourth-order valence-corrected chi connectivity index (χ4v) is 1.60. The Balaban J connectivity index is 2.03. The lowest BCUT2D eigenvalue weighted by Gasteiger charge is -2.26. The minimum atomic E-state index is 0.276. The molecule has 0 aliphatic carbocycles. The van der Waals surface area contributed by atoms with E-state index in [0.29, 0.717) is 6.04 Å². The van der Waals surface area contributed by atoms with E-state index >= 15 is 0 Å². The van der Waals surface area contributed by atoms with Crippen molar-refractivity contribution in [3.8, 4) is 0 Å². The van der Waals surface area contributed by atoms with Gasteiger partial charge in [-0.15, -0.1) is 0 Å². The van der Waals surface area contributed by atoms with E-state index < -0.39 is 0 Å². The summed E-state index contributed by atoms with van der Waals surface area (Å²) in [6.07, 6.45) is 2.55. The molecule has 52 valence electrons. The van der Waals surface area contributed by atoms with E-state index in [0.717, 1.165) is 6.61 Å². The molecule has 2 heteroatoms. The van der Waals surface area contributed by atoms with Crippen LogP contribution in [0.4, 0.5) is 0 Å². The first-order chi connectivity index (χ1) is 4.33. The molecule has 0 radical (unpaired) electrons. The maximum absolute atomic E-state index is 5.39. The van der Waals surface area contributed by atoms with E-state index in [1.165, 1.54) is 19.4 Å². The van der Waals surface area contributed by atoms with Gasteiger partial charge in [0.25, 0.3) is 0 Å². The molecule has 0 saturated carbocycles. The largest absolute Gasteiger partial charge is 0.368 e. The zero-order valence-electron chi connectivity index (χ0n) is 5.81. The van der Waals surface area contributed by atoms with Crippen molar-refractivity contribution in [1.29, 1.82) is 0 Å². The molecule has 1 spiro atoms. The van der Waals surface area contributed by atoms with Crippen molar-refractivity contribution in [3.05, 3.63) is 0 Å². The topological polar surface area (TPSA) is 24.6 Å². The number of nitrogens with one attached hydrogen (secondary N) is 1. The Morgan fingerprint density at radius 3 is 2.89 bits per heavy atom. The Morgan fingerprint density at radius 1 is 1.67 bits per heavy atom. The normalized spacial score (nSPS) is 49.7. The summed E-state index contributed by atoms with van der Waals surface area (Å²) in [6, 6.07) is 0.589. The molecule has 0 amide bonds. The van der Waals surface area contributed by atoms with Crippen molar-refractivity contribution in [2.24, 2.45) is 0 Å². The lowest BCUT2D eigenvalue weighted by atomic mass is 9.93. The van der Waals surface area contributed by atoms with Crippen molar-refractivity contribution in [1.82, 2.24) is 5.32 Å². The van der Waals surface area contributed by atoms with Crippen molar-refractivity contribution in [3.63, 3.8) is 0 Å².